The van der Waals surface area contributed by atoms with Gasteiger partial charge in [-0.2, -0.15) is 0 Å². The maximum Gasteiger partial charge on any atom is 0.306 e. The molecule has 0 radical (unpaired) electrons. The van der Waals surface area contributed by atoms with Gasteiger partial charge in [0.15, 0.2) is 6.10 Å². The van der Waals surface area contributed by atoms with Gasteiger partial charge in [-0.15, -0.1) is 0 Å². The molecule has 0 aromatic rings. The third kappa shape index (κ3) is 49.5. The second kappa shape index (κ2) is 52.2. The maximum atomic E-state index is 12.8. The molecule has 0 fully saturated rings. The third-order valence-electron chi connectivity index (χ3n) is 10.6. The monoisotopic (exact) mass is 861 g/mol. The van der Waals surface area contributed by atoms with Gasteiger partial charge in [0.2, 0.25) is 0 Å². The first kappa shape index (κ1) is 58.8. The van der Waals surface area contributed by atoms with Crippen LogP contribution in [0.2, 0.25) is 0 Å². The van der Waals surface area contributed by atoms with Gasteiger partial charge in [0.1, 0.15) is 6.61 Å². The van der Waals surface area contributed by atoms with E-state index in [1.54, 1.807) is 0 Å². The van der Waals surface area contributed by atoms with Gasteiger partial charge in [-0.05, 0) is 89.9 Å². The minimum atomic E-state index is -0.573. The van der Waals surface area contributed by atoms with E-state index in [4.69, 9.17) is 14.2 Å². The molecular formula is C57H96O5. The topological polar surface area (TPSA) is 61.8 Å². The molecule has 0 aliphatic heterocycles. The molecule has 5 nitrogen and oxygen atoms in total. The van der Waals surface area contributed by atoms with Gasteiger partial charge >= 0.3 is 11.9 Å². The van der Waals surface area contributed by atoms with Gasteiger partial charge in [0, 0.05) is 19.4 Å². The Kier molecular flexibility index (Phi) is 49.5. The van der Waals surface area contributed by atoms with E-state index < -0.39 is 6.10 Å². The lowest BCUT2D eigenvalue weighted by Gasteiger charge is -2.18. The second-order valence-electron chi connectivity index (χ2n) is 16.7. The molecule has 0 N–H and O–H groups in total. The number of carbonyl (C=O) groups excluding carboxylic acids is 2. The Hall–Kier alpha value is -3.18. The first-order chi connectivity index (χ1) is 30.6. The molecule has 354 valence electrons. The standard InChI is InChI=1S/C57H96O5/c1-4-7-10-13-16-19-22-25-27-28-29-30-31-33-35-38-41-44-47-50-56(58)61-54-55(53-60-52-49-46-43-40-37-34-26-23-20-17-14-11-8-5-2)62-57(59)51-48-45-42-39-36-32-24-21-18-15-12-9-6-3/h7-8,10-11,16-17,19-20,25-27,29-30,34,40,43,55H,4-6,9,12-15,18,21-24,28,31-33,35-39,41-42,44-54H2,1-3H3/b10-7-,11-8-,19-16-,20-17-,27-25-,30-29-,34-26-,43-40-. The first-order valence-corrected chi connectivity index (χ1v) is 25.8. The Labute approximate surface area is 383 Å². The van der Waals surface area contributed by atoms with Crippen LogP contribution in [0.4, 0.5) is 0 Å². The van der Waals surface area contributed by atoms with Crippen LogP contribution in [-0.4, -0.2) is 37.9 Å². The van der Waals surface area contributed by atoms with Crippen LogP contribution in [0.1, 0.15) is 226 Å². The molecule has 62 heavy (non-hydrogen) atoms. The van der Waals surface area contributed by atoms with Crippen molar-refractivity contribution in [1.82, 2.24) is 0 Å². The van der Waals surface area contributed by atoms with E-state index in [2.05, 4.69) is 118 Å². The predicted molar refractivity (Wildman–Crippen MR) is 270 cm³/mol. The smallest absolute Gasteiger partial charge is 0.306 e. The summed E-state index contributed by atoms with van der Waals surface area (Å²) >= 11 is 0. The summed E-state index contributed by atoms with van der Waals surface area (Å²) in [5, 5.41) is 0. The molecular weight excluding hydrogens is 765 g/mol. The van der Waals surface area contributed by atoms with E-state index in [0.29, 0.717) is 19.4 Å². The zero-order chi connectivity index (χ0) is 44.9. The zero-order valence-corrected chi connectivity index (χ0v) is 40.6. The van der Waals surface area contributed by atoms with Gasteiger partial charge < -0.3 is 14.2 Å². The van der Waals surface area contributed by atoms with Crippen molar-refractivity contribution >= 4 is 11.9 Å². The average molecular weight is 861 g/mol. The molecule has 0 saturated carbocycles. The van der Waals surface area contributed by atoms with Crippen molar-refractivity contribution in [2.24, 2.45) is 0 Å². The Balaban J connectivity index is 4.35. The number of esters is 2. The van der Waals surface area contributed by atoms with E-state index in [0.717, 1.165) is 103 Å². The summed E-state index contributed by atoms with van der Waals surface area (Å²) in [5.41, 5.74) is 0. The lowest BCUT2D eigenvalue weighted by atomic mass is 10.0. The number of allylic oxidation sites excluding steroid dienone is 16. The van der Waals surface area contributed by atoms with Gasteiger partial charge in [0.05, 0.1) is 6.61 Å². The maximum absolute atomic E-state index is 12.8. The fraction of sp³-hybridized carbons (Fsp3) is 0.684. The third-order valence-corrected chi connectivity index (χ3v) is 10.6. The highest BCUT2D eigenvalue weighted by Gasteiger charge is 2.17. The summed E-state index contributed by atoms with van der Waals surface area (Å²) < 4.78 is 17.3. The predicted octanol–water partition coefficient (Wildman–Crippen LogP) is 17.5. The highest BCUT2D eigenvalue weighted by Crippen LogP contribution is 2.14. The molecule has 0 rings (SSSR count). The highest BCUT2D eigenvalue weighted by molar-refractivity contribution is 5.70. The van der Waals surface area contributed by atoms with Crippen LogP contribution in [0.5, 0.6) is 0 Å². The van der Waals surface area contributed by atoms with Gasteiger partial charge in [-0.1, -0.05) is 221 Å². The SMILES string of the molecule is CC/C=C\C/C=C\C/C=C\C/C=C\CCCCCCCCC(=O)OCC(COCCC/C=C\C/C=C\C/C=C\C/C=C\CC)OC(=O)CCCCCCCCCCCCCCC. The van der Waals surface area contributed by atoms with E-state index in [-0.39, 0.29) is 25.2 Å². The molecule has 0 saturated heterocycles. The molecule has 5 heteroatoms. The number of ether oxygens (including phenoxy) is 3. The van der Waals surface area contributed by atoms with Crippen molar-refractivity contribution < 1.29 is 23.8 Å². The zero-order valence-electron chi connectivity index (χ0n) is 40.6. The lowest BCUT2D eigenvalue weighted by Crippen LogP contribution is -2.30. The van der Waals surface area contributed by atoms with E-state index in [1.807, 2.05) is 0 Å². The molecule has 1 unspecified atom stereocenters. The molecule has 0 aromatic heterocycles. The van der Waals surface area contributed by atoms with Crippen molar-refractivity contribution in [1.29, 1.82) is 0 Å². The largest absolute Gasteiger partial charge is 0.462 e. The van der Waals surface area contributed by atoms with Crippen LogP contribution >= 0.6 is 0 Å². The number of hydrogen-bond donors (Lipinski definition) is 0. The lowest BCUT2D eigenvalue weighted by molar-refractivity contribution is -0.163. The van der Waals surface area contributed by atoms with Crippen molar-refractivity contribution in [3.8, 4) is 0 Å². The van der Waals surface area contributed by atoms with Crippen molar-refractivity contribution in [2.75, 3.05) is 19.8 Å². The van der Waals surface area contributed by atoms with E-state index in [1.165, 1.54) is 89.9 Å². The summed E-state index contributed by atoms with van der Waals surface area (Å²) in [6, 6.07) is 0. The normalized spacial score (nSPS) is 13.0. The summed E-state index contributed by atoms with van der Waals surface area (Å²) in [5.74, 6) is -0.444. The molecule has 0 heterocycles. The van der Waals surface area contributed by atoms with Crippen LogP contribution in [0, 0.1) is 0 Å². The second-order valence-corrected chi connectivity index (χ2v) is 16.7. The number of unbranched alkanes of at least 4 members (excludes halogenated alkanes) is 19. The summed E-state index contributed by atoms with van der Waals surface area (Å²) in [6.45, 7) is 7.45. The van der Waals surface area contributed by atoms with Crippen LogP contribution in [0.3, 0.4) is 0 Å². The van der Waals surface area contributed by atoms with Crippen LogP contribution in [0.15, 0.2) is 97.2 Å². The molecule has 0 aliphatic carbocycles. The van der Waals surface area contributed by atoms with Gasteiger partial charge in [0.25, 0.3) is 0 Å². The Morgan fingerprint density at radius 2 is 0.726 bits per heavy atom. The first-order valence-electron chi connectivity index (χ1n) is 25.8. The summed E-state index contributed by atoms with van der Waals surface area (Å²) in [6.07, 6.45) is 69.9. The number of carbonyl (C=O) groups is 2. The quantitative estimate of drug-likeness (QED) is 0.0347. The van der Waals surface area contributed by atoms with Crippen molar-refractivity contribution in [3.05, 3.63) is 97.2 Å². The fourth-order valence-corrected chi connectivity index (χ4v) is 6.86. The molecule has 1 atom stereocenters. The highest BCUT2D eigenvalue weighted by atomic mass is 16.6. The molecule has 0 bridgehead atoms. The Bertz CT molecular complexity index is 1200. The summed E-state index contributed by atoms with van der Waals surface area (Å²) in [7, 11) is 0. The van der Waals surface area contributed by atoms with Crippen LogP contribution in [-0.2, 0) is 23.8 Å². The minimum absolute atomic E-state index is 0.0529. The molecule has 0 spiro atoms. The minimum Gasteiger partial charge on any atom is -0.462 e. The van der Waals surface area contributed by atoms with Crippen molar-refractivity contribution in [2.45, 2.75) is 232 Å². The van der Waals surface area contributed by atoms with E-state index in [9.17, 15) is 9.59 Å². The Morgan fingerprint density at radius 1 is 0.371 bits per heavy atom. The van der Waals surface area contributed by atoms with Gasteiger partial charge in [-0.25, -0.2) is 0 Å². The van der Waals surface area contributed by atoms with Crippen LogP contribution < -0.4 is 0 Å². The molecule has 0 amide bonds. The summed E-state index contributed by atoms with van der Waals surface area (Å²) in [4.78, 5) is 25.4. The van der Waals surface area contributed by atoms with E-state index >= 15 is 0 Å². The average Bonchev–Trinajstić information content (AvgIpc) is 3.27. The van der Waals surface area contributed by atoms with Crippen molar-refractivity contribution in [3.63, 3.8) is 0 Å². The fourth-order valence-electron chi connectivity index (χ4n) is 6.86. The van der Waals surface area contributed by atoms with Crippen LogP contribution in [0.25, 0.3) is 0 Å². The molecule has 0 aliphatic rings. The van der Waals surface area contributed by atoms with Gasteiger partial charge in [-0.3, -0.25) is 9.59 Å². The molecule has 0 aromatic carbocycles. The Morgan fingerprint density at radius 3 is 1.16 bits per heavy atom. The number of rotatable bonds is 46. The number of hydrogen-bond acceptors (Lipinski definition) is 5.